The van der Waals surface area contributed by atoms with Crippen LogP contribution in [0.1, 0.15) is 5.56 Å². The van der Waals surface area contributed by atoms with Crippen molar-refractivity contribution in [3.63, 3.8) is 0 Å². The maximum atomic E-state index is 10.8. The summed E-state index contributed by atoms with van der Waals surface area (Å²) in [4.78, 5) is 10.8. The predicted molar refractivity (Wildman–Crippen MR) is 57.2 cm³/mol. The fourth-order valence-electron chi connectivity index (χ4n) is 1.35. The summed E-state index contributed by atoms with van der Waals surface area (Å²) in [5, 5.41) is 11.6. The third-order valence-corrected chi connectivity index (χ3v) is 2.22. The number of benzene rings is 1. The van der Waals surface area contributed by atoms with Gasteiger partial charge < -0.3 is 15.2 Å². The van der Waals surface area contributed by atoms with Crippen molar-refractivity contribution in [1.29, 1.82) is 0 Å². The summed E-state index contributed by atoms with van der Waals surface area (Å²) in [7, 11) is 3.23. The number of carboxylic acids is 1. The molecule has 1 aromatic carbocycles. The molecular formula is C11H15NO3. The largest absolute Gasteiger partial charge is 0.497 e. The van der Waals surface area contributed by atoms with E-state index in [1.807, 2.05) is 24.3 Å². The molecule has 0 aromatic heterocycles. The number of hydrogen-bond donors (Lipinski definition) is 2. The van der Waals surface area contributed by atoms with Crippen LogP contribution in [0, 0.1) is 0 Å². The monoisotopic (exact) mass is 209 g/mol. The van der Waals surface area contributed by atoms with Gasteiger partial charge in [-0.15, -0.1) is 0 Å². The Labute approximate surface area is 88.9 Å². The van der Waals surface area contributed by atoms with Crippen LogP contribution in [0.25, 0.3) is 0 Å². The Morgan fingerprint density at radius 3 is 2.87 bits per heavy atom. The first kappa shape index (κ1) is 11.5. The van der Waals surface area contributed by atoms with Crippen LogP contribution in [0.15, 0.2) is 24.3 Å². The molecule has 0 amide bonds. The van der Waals surface area contributed by atoms with Crippen LogP contribution >= 0.6 is 0 Å². The summed E-state index contributed by atoms with van der Waals surface area (Å²) >= 11 is 0. The molecule has 1 atom stereocenters. The van der Waals surface area contributed by atoms with E-state index < -0.39 is 12.0 Å². The van der Waals surface area contributed by atoms with E-state index in [0.29, 0.717) is 6.42 Å². The summed E-state index contributed by atoms with van der Waals surface area (Å²) in [5.41, 5.74) is 0.941. The molecule has 1 unspecified atom stereocenters. The van der Waals surface area contributed by atoms with E-state index in [-0.39, 0.29) is 0 Å². The number of aliphatic carboxylic acids is 1. The van der Waals surface area contributed by atoms with Crippen molar-refractivity contribution in [2.24, 2.45) is 0 Å². The Morgan fingerprint density at radius 2 is 2.33 bits per heavy atom. The molecule has 15 heavy (non-hydrogen) atoms. The van der Waals surface area contributed by atoms with E-state index in [9.17, 15) is 4.79 Å². The standard InChI is InChI=1S/C11H15NO3/c1-12-10(11(13)14)7-8-4-3-5-9(6-8)15-2/h3-6,10,12H,7H2,1-2H3,(H,13,14). The minimum absolute atomic E-state index is 0.447. The number of rotatable bonds is 5. The minimum Gasteiger partial charge on any atom is -0.497 e. The number of nitrogens with one attached hydrogen (secondary N) is 1. The molecule has 2 N–H and O–H groups in total. The number of methoxy groups -OCH3 is 1. The van der Waals surface area contributed by atoms with Crippen molar-refractivity contribution < 1.29 is 14.6 Å². The normalized spacial score (nSPS) is 12.1. The van der Waals surface area contributed by atoms with Gasteiger partial charge in [-0.25, -0.2) is 0 Å². The smallest absolute Gasteiger partial charge is 0.321 e. The number of carbonyl (C=O) groups is 1. The van der Waals surface area contributed by atoms with E-state index >= 15 is 0 Å². The Kier molecular flexibility index (Phi) is 4.12. The maximum Gasteiger partial charge on any atom is 0.321 e. The molecule has 0 aliphatic carbocycles. The Morgan fingerprint density at radius 1 is 1.60 bits per heavy atom. The van der Waals surface area contributed by atoms with E-state index in [4.69, 9.17) is 9.84 Å². The highest BCUT2D eigenvalue weighted by atomic mass is 16.5. The summed E-state index contributed by atoms with van der Waals surface area (Å²) in [5.74, 6) is -0.104. The van der Waals surface area contributed by atoms with Gasteiger partial charge in [0.25, 0.3) is 0 Å². The highest BCUT2D eigenvalue weighted by molar-refractivity contribution is 5.73. The zero-order chi connectivity index (χ0) is 11.3. The molecule has 4 nitrogen and oxygen atoms in total. The van der Waals surface area contributed by atoms with Crippen LogP contribution < -0.4 is 10.1 Å². The second-order valence-corrected chi connectivity index (χ2v) is 3.24. The quantitative estimate of drug-likeness (QED) is 0.756. The molecule has 0 spiro atoms. The van der Waals surface area contributed by atoms with Crippen molar-refractivity contribution in [3.8, 4) is 5.75 Å². The molecule has 0 heterocycles. The maximum absolute atomic E-state index is 10.8. The van der Waals surface area contributed by atoms with Gasteiger partial charge in [0.05, 0.1) is 7.11 Å². The van der Waals surface area contributed by atoms with Crippen molar-refractivity contribution in [3.05, 3.63) is 29.8 Å². The molecule has 0 aliphatic heterocycles. The lowest BCUT2D eigenvalue weighted by molar-refractivity contribution is -0.139. The van der Waals surface area contributed by atoms with Crippen LogP contribution in [0.3, 0.4) is 0 Å². The van der Waals surface area contributed by atoms with Gasteiger partial charge in [-0.05, 0) is 31.2 Å². The van der Waals surface area contributed by atoms with Gasteiger partial charge in [-0.2, -0.15) is 0 Å². The molecule has 1 rings (SSSR count). The van der Waals surface area contributed by atoms with Gasteiger partial charge in [0.1, 0.15) is 11.8 Å². The number of likely N-dealkylation sites (N-methyl/N-ethyl adjacent to an activating group) is 1. The van der Waals surface area contributed by atoms with Crippen molar-refractivity contribution in [2.75, 3.05) is 14.2 Å². The predicted octanol–water partition coefficient (Wildman–Crippen LogP) is 0.910. The molecule has 82 valence electrons. The lowest BCUT2D eigenvalue weighted by atomic mass is 10.1. The second-order valence-electron chi connectivity index (χ2n) is 3.24. The molecule has 0 bridgehead atoms. The molecule has 0 saturated carbocycles. The average molecular weight is 209 g/mol. The van der Waals surface area contributed by atoms with Gasteiger partial charge in [-0.3, -0.25) is 4.79 Å². The van der Waals surface area contributed by atoms with E-state index in [1.54, 1.807) is 14.2 Å². The summed E-state index contributed by atoms with van der Waals surface area (Å²) in [6, 6.07) is 6.85. The Hall–Kier alpha value is -1.55. The van der Waals surface area contributed by atoms with Crippen LogP contribution in [0.2, 0.25) is 0 Å². The van der Waals surface area contributed by atoms with Crippen LogP contribution in [0.4, 0.5) is 0 Å². The average Bonchev–Trinajstić information content (AvgIpc) is 2.25. The first-order chi connectivity index (χ1) is 7.17. The van der Waals surface area contributed by atoms with Crippen LogP contribution in [0.5, 0.6) is 5.75 Å². The third kappa shape index (κ3) is 3.25. The van der Waals surface area contributed by atoms with E-state index in [0.717, 1.165) is 11.3 Å². The van der Waals surface area contributed by atoms with Gasteiger partial charge in [-0.1, -0.05) is 12.1 Å². The van der Waals surface area contributed by atoms with E-state index in [1.165, 1.54) is 0 Å². The lowest BCUT2D eigenvalue weighted by Gasteiger charge is -2.11. The Bertz CT molecular complexity index is 338. The molecule has 4 heteroatoms. The molecule has 1 aromatic rings. The highest BCUT2D eigenvalue weighted by Gasteiger charge is 2.15. The van der Waals surface area contributed by atoms with Crippen molar-refractivity contribution in [2.45, 2.75) is 12.5 Å². The number of hydrogen-bond acceptors (Lipinski definition) is 3. The highest BCUT2D eigenvalue weighted by Crippen LogP contribution is 2.13. The molecule has 0 saturated heterocycles. The zero-order valence-electron chi connectivity index (χ0n) is 8.86. The van der Waals surface area contributed by atoms with E-state index in [2.05, 4.69) is 5.32 Å². The van der Waals surface area contributed by atoms with Crippen LogP contribution in [-0.2, 0) is 11.2 Å². The van der Waals surface area contributed by atoms with Gasteiger partial charge >= 0.3 is 5.97 Å². The van der Waals surface area contributed by atoms with Gasteiger partial charge in [0, 0.05) is 0 Å². The second kappa shape index (κ2) is 5.36. The van der Waals surface area contributed by atoms with Gasteiger partial charge in [0.15, 0.2) is 0 Å². The SMILES string of the molecule is CNC(Cc1cccc(OC)c1)C(=O)O. The molecule has 0 fully saturated rings. The zero-order valence-corrected chi connectivity index (χ0v) is 8.86. The summed E-state index contributed by atoms with van der Waals surface area (Å²) in [6.07, 6.45) is 0.447. The topological polar surface area (TPSA) is 58.6 Å². The molecule has 0 aliphatic rings. The lowest BCUT2D eigenvalue weighted by Crippen LogP contribution is -2.35. The summed E-state index contributed by atoms with van der Waals surface area (Å²) in [6.45, 7) is 0. The Balaban J connectivity index is 2.74. The summed E-state index contributed by atoms with van der Waals surface area (Å²) < 4.78 is 5.06. The third-order valence-electron chi connectivity index (χ3n) is 2.22. The number of ether oxygens (including phenoxy) is 1. The van der Waals surface area contributed by atoms with Crippen LogP contribution in [-0.4, -0.2) is 31.3 Å². The molecule has 0 radical (unpaired) electrons. The first-order valence-corrected chi connectivity index (χ1v) is 4.70. The minimum atomic E-state index is -0.847. The van der Waals surface area contributed by atoms with Crippen molar-refractivity contribution in [1.82, 2.24) is 5.32 Å². The molecular weight excluding hydrogens is 194 g/mol. The first-order valence-electron chi connectivity index (χ1n) is 4.70. The fourth-order valence-corrected chi connectivity index (χ4v) is 1.35. The number of carboxylic acid groups (broad SMARTS) is 1. The van der Waals surface area contributed by atoms with Gasteiger partial charge in [0.2, 0.25) is 0 Å². The fraction of sp³-hybridized carbons (Fsp3) is 0.364. The van der Waals surface area contributed by atoms with Crippen molar-refractivity contribution >= 4 is 5.97 Å².